The first-order valence-electron chi connectivity index (χ1n) is 7.04. The fraction of sp³-hybridized carbons (Fsp3) is 0.467. The molecule has 0 amide bonds. The molecule has 1 N–H and O–H groups in total. The maximum absolute atomic E-state index is 5.62. The highest BCUT2D eigenvalue weighted by molar-refractivity contribution is 5.14. The quantitative estimate of drug-likeness (QED) is 0.706. The molecule has 1 aromatic heterocycles. The third-order valence-corrected chi connectivity index (χ3v) is 3.01. The van der Waals surface area contributed by atoms with Gasteiger partial charge >= 0.3 is 0 Å². The number of aromatic nitrogens is 3. The Morgan fingerprint density at radius 2 is 2.05 bits per heavy atom. The van der Waals surface area contributed by atoms with E-state index in [-0.39, 0.29) is 0 Å². The van der Waals surface area contributed by atoms with E-state index in [1.807, 2.05) is 24.0 Å². The van der Waals surface area contributed by atoms with Gasteiger partial charge in [0.2, 0.25) is 0 Å². The first-order valence-corrected chi connectivity index (χ1v) is 7.04. The lowest BCUT2D eigenvalue weighted by molar-refractivity contribution is 0.121. The highest BCUT2D eigenvalue weighted by Gasteiger charge is 1.99. The van der Waals surface area contributed by atoms with Crippen molar-refractivity contribution in [2.45, 2.75) is 25.9 Å². The van der Waals surface area contributed by atoms with Crippen molar-refractivity contribution in [1.29, 1.82) is 0 Å². The zero-order valence-electron chi connectivity index (χ0n) is 12.0. The van der Waals surface area contributed by atoms with Crippen molar-refractivity contribution in [2.24, 2.45) is 0 Å². The van der Waals surface area contributed by atoms with Gasteiger partial charge in [0.25, 0.3) is 0 Å². The summed E-state index contributed by atoms with van der Waals surface area (Å²) >= 11 is 0. The Morgan fingerprint density at radius 3 is 2.85 bits per heavy atom. The molecule has 0 saturated carbocycles. The van der Waals surface area contributed by atoms with Crippen LogP contribution >= 0.6 is 0 Å². The molecule has 2 rings (SSSR count). The number of nitrogens with one attached hydrogen (secondary N) is 1. The van der Waals surface area contributed by atoms with Crippen LogP contribution in [0.5, 0.6) is 0 Å². The van der Waals surface area contributed by atoms with Gasteiger partial charge in [0.1, 0.15) is 0 Å². The van der Waals surface area contributed by atoms with Gasteiger partial charge in [-0.05, 0) is 25.5 Å². The standard InChI is InChI=1S/C15H22N4O/c1-16-12-15-13-19(18-17-15)9-11-20-10-5-8-14-6-3-2-4-7-14/h2-4,6-7,13,16H,5,8-12H2,1H3. The summed E-state index contributed by atoms with van der Waals surface area (Å²) in [5, 5.41) is 11.2. The van der Waals surface area contributed by atoms with E-state index >= 15 is 0 Å². The normalized spacial score (nSPS) is 10.8. The van der Waals surface area contributed by atoms with Gasteiger partial charge in [0.05, 0.1) is 18.8 Å². The van der Waals surface area contributed by atoms with Crippen LogP contribution in [0.2, 0.25) is 0 Å². The highest BCUT2D eigenvalue weighted by Crippen LogP contribution is 2.02. The Morgan fingerprint density at radius 1 is 1.20 bits per heavy atom. The van der Waals surface area contributed by atoms with Gasteiger partial charge in [0.15, 0.2) is 0 Å². The predicted molar refractivity (Wildman–Crippen MR) is 78.4 cm³/mol. The second-order valence-corrected chi connectivity index (χ2v) is 4.70. The number of rotatable bonds is 9. The average Bonchev–Trinajstić information content (AvgIpc) is 2.92. The fourth-order valence-corrected chi connectivity index (χ4v) is 1.99. The van der Waals surface area contributed by atoms with Crippen molar-refractivity contribution in [3.05, 3.63) is 47.8 Å². The largest absolute Gasteiger partial charge is 0.380 e. The predicted octanol–water partition coefficient (Wildman–Crippen LogP) is 1.65. The molecule has 0 radical (unpaired) electrons. The number of ether oxygens (including phenoxy) is 1. The Balaban J connectivity index is 1.55. The van der Waals surface area contributed by atoms with E-state index in [0.717, 1.165) is 38.2 Å². The van der Waals surface area contributed by atoms with Crippen LogP contribution in [0.3, 0.4) is 0 Å². The Kier molecular flexibility index (Phi) is 6.20. The van der Waals surface area contributed by atoms with Crippen molar-refractivity contribution in [2.75, 3.05) is 20.3 Å². The molecule has 0 saturated heterocycles. The van der Waals surface area contributed by atoms with Gasteiger partial charge in [-0.25, -0.2) is 4.68 Å². The first-order chi connectivity index (χ1) is 9.88. The monoisotopic (exact) mass is 274 g/mol. The molecule has 5 heteroatoms. The molecule has 0 fully saturated rings. The van der Waals surface area contributed by atoms with Gasteiger partial charge in [-0.2, -0.15) is 0 Å². The molecule has 0 spiro atoms. The van der Waals surface area contributed by atoms with Crippen molar-refractivity contribution in [1.82, 2.24) is 20.3 Å². The van der Waals surface area contributed by atoms with Crippen molar-refractivity contribution in [3.63, 3.8) is 0 Å². The lowest BCUT2D eigenvalue weighted by Crippen LogP contribution is -2.08. The zero-order chi connectivity index (χ0) is 14.0. The van der Waals surface area contributed by atoms with E-state index in [0.29, 0.717) is 6.61 Å². The number of aryl methyl sites for hydroxylation is 1. The smallest absolute Gasteiger partial charge is 0.0964 e. The summed E-state index contributed by atoms with van der Waals surface area (Å²) in [5.74, 6) is 0. The van der Waals surface area contributed by atoms with E-state index in [4.69, 9.17) is 4.74 Å². The van der Waals surface area contributed by atoms with Crippen molar-refractivity contribution < 1.29 is 4.74 Å². The van der Waals surface area contributed by atoms with E-state index in [9.17, 15) is 0 Å². The molecule has 1 aromatic carbocycles. The minimum Gasteiger partial charge on any atom is -0.380 e. The maximum Gasteiger partial charge on any atom is 0.0964 e. The summed E-state index contributed by atoms with van der Waals surface area (Å²) < 4.78 is 7.45. The summed E-state index contributed by atoms with van der Waals surface area (Å²) in [4.78, 5) is 0. The molecule has 0 aliphatic heterocycles. The summed E-state index contributed by atoms with van der Waals surface area (Å²) in [6.45, 7) is 2.96. The number of hydrogen-bond donors (Lipinski definition) is 1. The minimum absolute atomic E-state index is 0.678. The molecule has 5 nitrogen and oxygen atoms in total. The van der Waals surface area contributed by atoms with Crippen LogP contribution in [0.15, 0.2) is 36.5 Å². The van der Waals surface area contributed by atoms with E-state index < -0.39 is 0 Å². The van der Waals surface area contributed by atoms with Crippen LogP contribution in [0.4, 0.5) is 0 Å². The molecule has 2 aromatic rings. The molecule has 0 atom stereocenters. The van der Waals surface area contributed by atoms with Gasteiger partial charge in [-0.1, -0.05) is 35.5 Å². The Bertz CT molecular complexity index is 484. The van der Waals surface area contributed by atoms with E-state index in [1.54, 1.807) is 0 Å². The van der Waals surface area contributed by atoms with E-state index in [2.05, 4.69) is 39.9 Å². The van der Waals surface area contributed by atoms with E-state index in [1.165, 1.54) is 5.56 Å². The summed E-state index contributed by atoms with van der Waals surface area (Å²) in [6, 6.07) is 10.5. The first kappa shape index (κ1) is 14.7. The molecule has 20 heavy (non-hydrogen) atoms. The van der Waals surface area contributed by atoms with Gasteiger partial charge in [0, 0.05) is 19.3 Å². The molecule has 0 bridgehead atoms. The lowest BCUT2D eigenvalue weighted by Gasteiger charge is -2.04. The fourth-order valence-electron chi connectivity index (χ4n) is 1.99. The summed E-state index contributed by atoms with van der Waals surface area (Å²) in [7, 11) is 1.90. The molecule has 0 unspecified atom stereocenters. The van der Waals surface area contributed by atoms with Crippen LogP contribution in [0.1, 0.15) is 17.7 Å². The average molecular weight is 274 g/mol. The second kappa shape index (κ2) is 8.45. The summed E-state index contributed by atoms with van der Waals surface area (Å²) in [5.41, 5.74) is 2.32. The number of nitrogens with zero attached hydrogens (tertiary/aromatic N) is 3. The number of benzene rings is 1. The van der Waals surface area contributed by atoms with Crippen LogP contribution < -0.4 is 5.32 Å². The molecule has 1 heterocycles. The molecule has 0 aliphatic rings. The Labute approximate surface area is 120 Å². The van der Waals surface area contributed by atoms with Crippen molar-refractivity contribution >= 4 is 0 Å². The highest BCUT2D eigenvalue weighted by atomic mass is 16.5. The molecule has 0 aliphatic carbocycles. The lowest BCUT2D eigenvalue weighted by atomic mass is 10.1. The van der Waals surface area contributed by atoms with Crippen LogP contribution in [0.25, 0.3) is 0 Å². The SMILES string of the molecule is CNCc1cn(CCOCCCc2ccccc2)nn1. The van der Waals surface area contributed by atoms with Crippen molar-refractivity contribution in [3.8, 4) is 0 Å². The topological polar surface area (TPSA) is 52.0 Å². The summed E-state index contributed by atoms with van der Waals surface area (Å²) in [6.07, 6.45) is 4.06. The van der Waals surface area contributed by atoms with Gasteiger partial charge in [-0.3, -0.25) is 0 Å². The van der Waals surface area contributed by atoms with Gasteiger partial charge < -0.3 is 10.1 Å². The minimum atomic E-state index is 0.678. The molecular weight excluding hydrogens is 252 g/mol. The van der Waals surface area contributed by atoms with Crippen LogP contribution in [-0.4, -0.2) is 35.3 Å². The zero-order valence-corrected chi connectivity index (χ0v) is 12.0. The molecule has 108 valence electrons. The van der Waals surface area contributed by atoms with Crippen LogP contribution in [0, 0.1) is 0 Å². The second-order valence-electron chi connectivity index (χ2n) is 4.70. The third kappa shape index (κ3) is 5.11. The maximum atomic E-state index is 5.62. The van der Waals surface area contributed by atoms with Crippen LogP contribution in [-0.2, 0) is 24.2 Å². The Hall–Kier alpha value is -1.72. The third-order valence-electron chi connectivity index (χ3n) is 3.01. The number of hydrogen-bond acceptors (Lipinski definition) is 4. The van der Waals surface area contributed by atoms with Gasteiger partial charge in [-0.15, -0.1) is 5.10 Å². The molecular formula is C15H22N4O.